The lowest BCUT2D eigenvalue weighted by molar-refractivity contribution is 0.0506. The van der Waals surface area contributed by atoms with Crippen LogP contribution in [0, 0.1) is 18.6 Å². The van der Waals surface area contributed by atoms with Gasteiger partial charge >= 0.3 is 0 Å². The van der Waals surface area contributed by atoms with Crippen LogP contribution in [-0.4, -0.2) is 34.6 Å². The molecule has 1 aliphatic rings. The highest BCUT2D eigenvalue weighted by atomic mass is 19.1. The molecule has 1 aromatic rings. The van der Waals surface area contributed by atoms with Gasteiger partial charge in [-0.2, -0.15) is 0 Å². The summed E-state index contributed by atoms with van der Waals surface area (Å²) in [6, 6.07) is 2.29. The van der Waals surface area contributed by atoms with Crippen molar-refractivity contribution in [3.05, 3.63) is 34.9 Å². The SMILES string of the molecule is Cc1ccc(F)c(C(=O)N2CCCCC2CC(C)O)c1F. The summed E-state index contributed by atoms with van der Waals surface area (Å²) in [6.07, 6.45) is 2.42. The number of nitrogens with zero attached hydrogens (tertiary/aromatic N) is 1. The maximum absolute atomic E-state index is 14.1. The molecule has 1 N–H and O–H groups in total. The molecule has 3 nitrogen and oxygen atoms in total. The number of aliphatic hydroxyl groups is 1. The van der Waals surface area contributed by atoms with Gasteiger partial charge in [0.2, 0.25) is 0 Å². The second-order valence-corrected chi connectivity index (χ2v) is 5.79. The molecule has 116 valence electrons. The summed E-state index contributed by atoms with van der Waals surface area (Å²) in [5, 5.41) is 9.54. The average Bonchev–Trinajstić information content (AvgIpc) is 2.43. The molecule has 5 heteroatoms. The van der Waals surface area contributed by atoms with Gasteiger partial charge in [-0.15, -0.1) is 0 Å². The Hall–Kier alpha value is -1.49. The largest absolute Gasteiger partial charge is 0.393 e. The van der Waals surface area contributed by atoms with Gasteiger partial charge in [0.1, 0.15) is 17.2 Å². The lowest BCUT2D eigenvalue weighted by atomic mass is 9.96. The molecule has 0 spiro atoms. The number of aryl methyl sites for hydroxylation is 1. The fourth-order valence-corrected chi connectivity index (χ4v) is 2.90. The molecule has 1 amide bonds. The Morgan fingerprint density at radius 3 is 2.81 bits per heavy atom. The third kappa shape index (κ3) is 3.40. The van der Waals surface area contributed by atoms with Crippen LogP contribution >= 0.6 is 0 Å². The van der Waals surface area contributed by atoms with Gasteiger partial charge in [0, 0.05) is 12.6 Å². The summed E-state index contributed by atoms with van der Waals surface area (Å²) in [6.45, 7) is 3.64. The zero-order valence-electron chi connectivity index (χ0n) is 12.4. The Bertz CT molecular complexity index is 531. The number of amides is 1. The lowest BCUT2D eigenvalue weighted by Gasteiger charge is -2.36. The van der Waals surface area contributed by atoms with Crippen molar-refractivity contribution in [3.63, 3.8) is 0 Å². The van der Waals surface area contributed by atoms with Crippen molar-refractivity contribution in [3.8, 4) is 0 Å². The van der Waals surface area contributed by atoms with Crippen molar-refractivity contribution in [2.75, 3.05) is 6.54 Å². The summed E-state index contributed by atoms with van der Waals surface area (Å²) in [7, 11) is 0. The first-order valence-corrected chi connectivity index (χ1v) is 7.35. The van der Waals surface area contributed by atoms with Crippen molar-refractivity contribution < 1.29 is 18.7 Å². The van der Waals surface area contributed by atoms with E-state index in [1.165, 1.54) is 17.9 Å². The van der Waals surface area contributed by atoms with Crippen molar-refractivity contribution in [1.29, 1.82) is 0 Å². The van der Waals surface area contributed by atoms with Crippen LogP contribution in [-0.2, 0) is 0 Å². The summed E-state index contributed by atoms with van der Waals surface area (Å²) in [5.41, 5.74) is -0.226. The van der Waals surface area contributed by atoms with Crippen LogP contribution in [0.3, 0.4) is 0 Å². The first-order valence-electron chi connectivity index (χ1n) is 7.35. The van der Waals surface area contributed by atoms with E-state index in [2.05, 4.69) is 0 Å². The van der Waals surface area contributed by atoms with Crippen molar-refractivity contribution in [2.24, 2.45) is 0 Å². The normalized spacial score (nSPS) is 20.4. The number of carbonyl (C=O) groups excluding carboxylic acids is 1. The van der Waals surface area contributed by atoms with Crippen LogP contribution in [0.2, 0.25) is 0 Å². The number of aliphatic hydroxyl groups excluding tert-OH is 1. The van der Waals surface area contributed by atoms with Crippen LogP contribution in [0.4, 0.5) is 8.78 Å². The molecule has 2 unspecified atom stereocenters. The lowest BCUT2D eigenvalue weighted by Crippen LogP contribution is -2.45. The van der Waals surface area contributed by atoms with Gasteiger partial charge in [-0.05, 0) is 51.2 Å². The minimum atomic E-state index is -0.829. The first-order chi connectivity index (χ1) is 9.91. The number of halogens is 2. The van der Waals surface area contributed by atoms with Crippen molar-refractivity contribution in [1.82, 2.24) is 4.90 Å². The van der Waals surface area contributed by atoms with E-state index in [1.54, 1.807) is 6.92 Å². The minimum absolute atomic E-state index is 0.162. The summed E-state index contributed by atoms with van der Waals surface area (Å²) in [4.78, 5) is 14.1. The zero-order valence-corrected chi connectivity index (χ0v) is 12.4. The predicted molar refractivity (Wildman–Crippen MR) is 76.1 cm³/mol. The van der Waals surface area contributed by atoms with Gasteiger partial charge in [-0.1, -0.05) is 6.07 Å². The summed E-state index contributed by atoms with van der Waals surface area (Å²) < 4.78 is 28.0. The van der Waals surface area contributed by atoms with E-state index in [0.717, 1.165) is 25.3 Å². The Balaban J connectivity index is 2.31. The molecule has 2 rings (SSSR count). The maximum Gasteiger partial charge on any atom is 0.260 e. The number of hydrogen-bond donors (Lipinski definition) is 1. The molecule has 0 aliphatic carbocycles. The molecule has 1 fully saturated rings. The van der Waals surface area contributed by atoms with Crippen LogP contribution in [0.5, 0.6) is 0 Å². The van der Waals surface area contributed by atoms with Gasteiger partial charge in [0.05, 0.1) is 6.10 Å². The Labute approximate surface area is 123 Å². The van der Waals surface area contributed by atoms with Crippen molar-refractivity contribution >= 4 is 5.91 Å². The molecule has 0 aromatic heterocycles. The number of piperidine rings is 1. The molecule has 2 atom stereocenters. The molecule has 1 aliphatic heterocycles. The highest BCUT2D eigenvalue weighted by molar-refractivity contribution is 5.95. The first kappa shape index (κ1) is 15.9. The van der Waals surface area contributed by atoms with Crippen LogP contribution < -0.4 is 0 Å². The molecular formula is C16H21F2NO2. The van der Waals surface area contributed by atoms with Gasteiger partial charge in [-0.25, -0.2) is 8.78 Å². The zero-order chi connectivity index (χ0) is 15.6. The highest BCUT2D eigenvalue weighted by Crippen LogP contribution is 2.26. The molecular weight excluding hydrogens is 276 g/mol. The van der Waals surface area contributed by atoms with E-state index in [0.29, 0.717) is 13.0 Å². The van der Waals surface area contributed by atoms with E-state index in [-0.39, 0.29) is 11.6 Å². The molecule has 0 radical (unpaired) electrons. The minimum Gasteiger partial charge on any atom is -0.393 e. The molecule has 1 saturated heterocycles. The third-order valence-electron chi connectivity index (χ3n) is 4.00. The monoisotopic (exact) mass is 297 g/mol. The van der Waals surface area contributed by atoms with Crippen LogP contribution in [0.25, 0.3) is 0 Å². The number of hydrogen-bond acceptors (Lipinski definition) is 2. The summed E-state index contributed by atoms with van der Waals surface area (Å²) >= 11 is 0. The number of benzene rings is 1. The summed E-state index contributed by atoms with van der Waals surface area (Å²) in [5.74, 6) is -2.23. The van der Waals surface area contributed by atoms with E-state index < -0.39 is 29.2 Å². The van der Waals surface area contributed by atoms with Gasteiger partial charge in [-0.3, -0.25) is 4.79 Å². The predicted octanol–water partition coefficient (Wildman–Crippen LogP) is 3.04. The van der Waals surface area contributed by atoms with E-state index >= 15 is 0 Å². The average molecular weight is 297 g/mol. The van der Waals surface area contributed by atoms with E-state index in [4.69, 9.17) is 0 Å². The number of rotatable bonds is 3. The molecule has 21 heavy (non-hydrogen) atoms. The Morgan fingerprint density at radius 1 is 1.43 bits per heavy atom. The second-order valence-electron chi connectivity index (χ2n) is 5.79. The standard InChI is InChI=1S/C16H21F2NO2/c1-10-6-7-13(17)14(15(10)18)16(21)19-8-4-3-5-12(19)9-11(2)20/h6-7,11-12,20H,3-5,8-9H2,1-2H3. The van der Waals surface area contributed by atoms with E-state index in [9.17, 15) is 18.7 Å². The fraction of sp³-hybridized carbons (Fsp3) is 0.562. The number of carbonyl (C=O) groups is 1. The van der Waals surface area contributed by atoms with E-state index in [1.807, 2.05) is 0 Å². The maximum atomic E-state index is 14.1. The van der Waals surface area contributed by atoms with Crippen molar-refractivity contribution in [2.45, 2.75) is 51.7 Å². The van der Waals surface area contributed by atoms with Crippen LogP contribution in [0.1, 0.15) is 48.5 Å². The third-order valence-corrected chi connectivity index (χ3v) is 4.00. The van der Waals surface area contributed by atoms with Gasteiger partial charge in [0.25, 0.3) is 5.91 Å². The highest BCUT2D eigenvalue weighted by Gasteiger charge is 2.31. The molecule has 1 aromatic carbocycles. The topological polar surface area (TPSA) is 40.5 Å². The smallest absolute Gasteiger partial charge is 0.260 e. The molecule has 0 bridgehead atoms. The quantitative estimate of drug-likeness (QED) is 0.931. The molecule has 1 heterocycles. The van der Waals surface area contributed by atoms with Gasteiger partial charge in [0.15, 0.2) is 0 Å². The van der Waals surface area contributed by atoms with Crippen LogP contribution in [0.15, 0.2) is 12.1 Å². The second kappa shape index (κ2) is 6.52. The number of likely N-dealkylation sites (tertiary alicyclic amines) is 1. The fourth-order valence-electron chi connectivity index (χ4n) is 2.90. The van der Waals surface area contributed by atoms with Gasteiger partial charge < -0.3 is 10.0 Å². The Morgan fingerprint density at radius 2 is 2.14 bits per heavy atom. The Kier molecular flexibility index (Phi) is 4.93. The molecule has 0 saturated carbocycles.